The summed E-state index contributed by atoms with van der Waals surface area (Å²) in [5, 5.41) is 8.71. The van der Waals surface area contributed by atoms with Gasteiger partial charge in [0, 0.05) is 21.5 Å². The van der Waals surface area contributed by atoms with E-state index < -0.39 is 5.97 Å². The highest BCUT2D eigenvalue weighted by Gasteiger charge is 2.41. The van der Waals surface area contributed by atoms with E-state index in [1.165, 1.54) is 0 Å². The van der Waals surface area contributed by atoms with Crippen molar-refractivity contribution in [2.75, 3.05) is 19.6 Å². The molecule has 2 bridgehead atoms. The number of nitrogens with zero attached hydrogens (tertiary/aromatic N) is 1. The van der Waals surface area contributed by atoms with Gasteiger partial charge in [0.25, 0.3) is 0 Å². The Kier molecular flexibility index (Phi) is 2.23. The number of rotatable bonds is 1. The van der Waals surface area contributed by atoms with Crippen molar-refractivity contribution in [3.05, 3.63) is 0 Å². The summed E-state index contributed by atoms with van der Waals surface area (Å²) < 4.78 is 0. The van der Waals surface area contributed by atoms with Crippen molar-refractivity contribution in [2.45, 2.75) is 6.42 Å². The number of hydrogen-bond donors (Lipinski definition) is 1. The quantitative estimate of drug-likeness (QED) is 0.521. The molecule has 3 atom stereocenters. The van der Waals surface area contributed by atoms with Gasteiger partial charge in [-0.05, 0) is 18.9 Å². The molecule has 0 saturated carbocycles. The summed E-state index contributed by atoms with van der Waals surface area (Å²) >= 11 is 0. The summed E-state index contributed by atoms with van der Waals surface area (Å²) in [6.45, 7) is 2.94. The van der Waals surface area contributed by atoms with Gasteiger partial charge in [0.15, 0.2) is 0 Å². The second-order valence-electron chi connectivity index (χ2n) is 3.25. The lowest BCUT2D eigenvalue weighted by molar-refractivity contribution is -0.143. The Hall–Kier alpha value is -0.505. The van der Waals surface area contributed by atoms with E-state index in [2.05, 4.69) is 4.90 Å². The summed E-state index contributed by atoms with van der Waals surface area (Å²) in [6, 6.07) is 0. The third kappa shape index (κ3) is 1.27. The van der Waals surface area contributed by atoms with Gasteiger partial charge in [-0.25, -0.2) is 0 Å². The van der Waals surface area contributed by atoms with Gasteiger partial charge in [-0.3, -0.25) is 4.79 Å². The molecule has 3 nitrogen and oxygen atoms in total. The Morgan fingerprint density at radius 1 is 1.45 bits per heavy atom. The van der Waals surface area contributed by atoms with Crippen LogP contribution in [0.3, 0.4) is 0 Å². The van der Waals surface area contributed by atoms with E-state index in [1.54, 1.807) is 0 Å². The van der Waals surface area contributed by atoms with Gasteiger partial charge < -0.3 is 10.0 Å². The molecule has 2 aliphatic heterocycles. The zero-order valence-corrected chi connectivity index (χ0v) is 6.36. The fourth-order valence-electron chi connectivity index (χ4n) is 2.06. The summed E-state index contributed by atoms with van der Waals surface area (Å²) in [4.78, 5) is 12.8. The van der Waals surface area contributed by atoms with Crippen molar-refractivity contribution in [3.63, 3.8) is 0 Å². The van der Waals surface area contributed by atoms with Crippen LogP contribution >= 0.6 is 0 Å². The average Bonchev–Trinajstić information content (AvgIpc) is 2.44. The lowest BCUT2D eigenvalue weighted by atomic mass is 9.93. The molecular formula is C7H11BNO2. The maximum absolute atomic E-state index is 10.6. The van der Waals surface area contributed by atoms with Gasteiger partial charge in [-0.1, -0.05) is 0 Å². The average molecular weight is 152 g/mol. The van der Waals surface area contributed by atoms with Crippen LogP contribution in [0, 0.1) is 11.8 Å². The smallest absolute Gasteiger partial charge is 0.308 e. The fraction of sp³-hybridized carbons (Fsp3) is 0.857. The van der Waals surface area contributed by atoms with Crippen LogP contribution in [0.5, 0.6) is 0 Å². The highest BCUT2D eigenvalue weighted by atomic mass is 16.4. The maximum atomic E-state index is 10.6. The van der Waals surface area contributed by atoms with E-state index in [4.69, 9.17) is 5.11 Å². The number of piperidine rings is 1. The largest absolute Gasteiger partial charge is 0.481 e. The molecule has 0 aromatic heterocycles. The van der Waals surface area contributed by atoms with E-state index in [-0.39, 0.29) is 14.3 Å². The molecule has 2 heterocycles. The van der Waals surface area contributed by atoms with E-state index >= 15 is 0 Å². The first-order valence-electron chi connectivity index (χ1n) is 3.72. The first-order valence-corrected chi connectivity index (χ1v) is 3.72. The van der Waals surface area contributed by atoms with Crippen molar-refractivity contribution in [1.29, 1.82) is 0 Å². The van der Waals surface area contributed by atoms with Crippen LogP contribution < -0.4 is 0 Å². The summed E-state index contributed by atoms with van der Waals surface area (Å²) in [7, 11) is 0. The second-order valence-corrected chi connectivity index (χ2v) is 3.25. The molecule has 0 amide bonds. The molecule has 59 valence electrons. The molecular weight excluding hydrogens is 141 g/mol. The van der Waals surface area contributed by atoms with E-state index in [9.17, 15) is 4.79 Å². The number of fused-ring (bicyclic) bond motifs is 2. The lowest BCUT2D eigenvalue weighted by Gasteiger charge is -2.17. The molecule has 1 N–H and O–H groups in total. The van der Waals surface area contributed by atoms with E-state index in [0.717, 1.165) is 26.1 Å². The van der Waals surface area contributed by atoms with Crippen LogP contribution in [-0.2, 0) is 4.79 Å². The predicted molar refractivity (Wildman–Crippen MR) is 41.4 cm³/mol. The van der Waals surface area contributed by atoms with Crippen molar-refractivity contribution >= 4 is 14.4 Å². The van der Waals surface area contributed by atoms with Crippen LogP contribution in [0.1, 0.15) is 6.42 Å². The summed E-state index contributed by atoms with van der Waals surface area (Å²) in [6.07, 6.45) is 1.09. The van der Waals surface area contributed by atoms with Gasteiger partial charge in [0.1, 0.15) is 0 Å². The Morgan fingerprint density at radius 3 is 2.45 bits per heavy atom. The Balaban J connectivity index is 0.000000605. The van der Waals surface area contributed by atoms with E-state index in [0.29, 0.717) is 5.92 Å². The maximum Gasteiger partial charge on any atom is 0.308 e. The number of hydrogen-bond acceptors (Lipinski definition) is 2. The molecule has 2 rings (SSSR count). The van der Waals surface area contributed by atoms with Crippen molar-refractivity contribution < 1.29 is 9.90 Å². The Morgan fingerprint density at radius 2 is 2.18 bits per heavy atom. The Labute approximate surface area is 68.0 Å². The summed E-state index contributed by atoms with van der Waals surface area (Å²) in [5.74, 6) is -0.210. The molecule has 0 aliphatic carbocycles. The van der Waals surface area contributed by atoms with E-state index in [1.807, 2.05) is 0 Å². The first kappa shape index (κ1) is 8.59. The third-order valence-corrected chi connectivity index (χ3v) is 2.65. The molecule has 3 radical (unpaired) electrons. The number of carboxylic acid groups (broad SMARTS) is 1. The topological polar surface area (TPSA) is 40.5 Å². The number of aliphatic carboxylic acids is 1. The Bertz CT molecular complexity index is 174. The minimum absolute atomic E-state index is 0. The molecule has 0 spiro atoms. The van der Waals surface area contributed by atoms with Crippen LogP contribution in [0.25, 0.3) is 0 Å². The van der Waals surface area contributed by atoms with Gasteiger partial charge in [0.05, 0.1) is 5.92 Å². The zero-order valence-electron chi connectivity index (χ0n) is 6.36. The highest BCUT2D eigenvalue weighted by molar-refractivity contribution is 5.75. The summed E-state index contributed by atoms with van der Waals surface area (Å²) in [5.41, 5.74) is 0. The zero-order chi connectivity index (χ0) is 7.14. The number of carboxylic acids is 1. The number of carbonyl (C=O) groups is 1. The van der Waals surface area contributed by atoms with Crippen LogP contribution in [0.4, 0.5) is 0 Å². The van der Waals surface area contributed by atoms with Crippen LogP contribution in [0.2, 0.25) is 0 Å². The fourth-order valence-corrected chi connectivity index (χ4v) is 2.06. The molecule has 3 unspecified atom stereocenters. The molecule has 4 heteroatoms. The van der Waals surface area contributed by atoms with Crippen LogP contribution in [-0.4, -0.2) is 44.0 Å². The third-order valence-electron chi connectivity index (χ3n) is 2.65. The highest BCUT2D eigenvalue weighted by Crippen LogP contribution is 2.32. The normalized spacial score (nSPS) is 40.2. The molecule has 11 heavy (non-hydrogen) atoms. The minimum atomic E-state index is -0.604. The van der Waals surface area contributed by atoms with Gasteiger partial charge in [-0.15, -0.1) is 0 Å². The first-order chi connectivity index (χ1) is 4.77. The SMILES string of the molecule is O=C(O)C1CN2CCC1C2.[B]. The van der Waals surface area contributed by atoms with Crippen molar-refractivity contribution in [1.82, 2.24) is 4.90 Å². The molecule has 0 aromatic rings. The standard InChI is InChI=1S/C7H11NO2.B/c9-7(10)6-4-8-2-1-5(6)3-8;/h5-6H,1-4H2,(H,9,10);. The molecule has 0 aromatic carbocycles. The van der Waals surface area contributed by atoms with Gasteiger partial charge >= 0.3 is 5.97 Å². The molecule has 2 fully saturated rings. The van der Waals surface area contributed by atoms with Crippen molar-refractivity contribution in [3.8, 4) is 0 Å². The van der Waals surface area contributed by atoms with Crippen LogP contribution in [0.15, 0.2) is 0 Å². The predicted octanol–water partition coefficient (Wildman–Crippen LogP) is -0.358. The lowest BCUT2D eigenvalue weighted by Crippen LogP contribution is -2.28. The van der Waals surface area contributed by atoms with Gasteiger partial charge in [-0.2, -0.15) is 0 Å². The van der Waals surface area contributed by atoms with Crippen molar-refractivity contribution in [2.24, 2.45) is 11.8 Å². The molecule has 2 aliphatic rings. The van der Waals surface area contributed by atoms with Gasteiger partial charge in [0.2, 0.25) is 0 Å². The second kappa shape index (κ2) is 2.85. The minimum Gasteiger partial charge on any atom is -0.481 e. The monoisotopic (exact) mass is 152 g/mol. The molecule has 2 saturated heterocycles.